The van der Waals surface area contributed by atoms with Gasteiger partial charge in [0.15, 0.2) is 0 Å². The lowest BCUT2D eigenvalue weighted by molar-refractivity contribution is -0.123. The molecule has 5 nitrogen and oxygen atoms in total. The van der Waals surface area contributed by atoms with Crippen molar-refractivity contribution in [2.45, 2.75) is 25.8 Å². The smallest absolute Gasteiger partial charge is 0.224 e. The Labute approximate surface area is 136 Å². The lowest BCUT2D eigenvalue weighted by Crippen LogP contribution is -2.33. The van der Waals surface area contributed by atoms with E-state index in [-0.39, 0.29) is 11.8 Å². The van der Waals surface area contributed by atoms with Crippen LogP contribution in [0.3, 0.4) is 0 Å². The summed E-state index contributed by atoms with van der Waals surface area (Å²) < 4.78 is 1.84. The largest absolute Gasteiger partial charge is 0.350 e. The molecule has 1 saturated carbocycles. The fourth-order valence-electron chi connectivity index (χ4n) is 3.68. The number of hydrogen-bond acceptors (Lipinski definition) is 3. The number of nitrogens with zero attached hydrogens (tertiary/aromatic N) is 2. The molecule has 1 aliphatic carbocycles. The van der Waals surface area contributed by atoms with Crippen LogP contribution in [0.4, 0.5) is 0 Å². The second-order valence-corrected chi connectivity index (χ2v) is 6.67. The van der Waals surface area contributed by atoms with Gasteiger partial charge in [-0.1, -0.05) is 18.2 Å². The lowest BCUT2D eigenvalue weighted by Gasteiger charge is -2.23. The predicted octanol–water partition coefficient (Wildman–Crippen LogP) is 1.88. The van der Waals surface area contributed by atoms with Gasteiger partial charge in [0.05, 0.1) is 17.9 Å². The second kappa shape index (κ2) is 5.81. The molecule has 2 fully saturated rings. The summed E-state index contributed by atoms with van der Waals surface area (Å²) >= 11 is 0. The molecular formula is C18H22N4O. The highest BCUT2D eigenvalue weighted by Crippen LogP contribution is 2.58. The number of amides is 1. The third-order valence-corrected chi connectivity index (χ3v) is 5.21. The van der Waals surface area contributed by atoms with Gasteiger partial charge < -0.3 is 10.6 Å². The fourth-order valence-corrected chi connectivity index (χ4v) is 3.68. The number of carbonyl (C=O) groups is 1. The molecule has 1 aliphatic heterocycles. The number of carbonyl (C=O) groups excluding carboxylic acids is 1. The highest BCUT2D eigenvalue weighted by molar-refractivity contribution is 5.82. The molecule has 2 aromatic rings. The Morgan fingerprint density at radius 2 is 2.04 bits per heavy atom. The van der Waals surface area contributed by atoms with Crippen LogP contribution in [0.15, 0.2) is 42.6 Å². The van der Waals surface area contributed by atoms with Gasteiger partial charge in [0, 0.05) is 12.1 Å². The number of nitrogens with one attached hydrogen (secondary N) is 2. The molecule has 4 rings (SSSR count). The molecule has 1 aromatic heterocycles. The van der Waals surface area contributed by atoms with Crippen molar-refractivity contribution >= 4 is 5.91 Å². The highest BCUT2D eigenvalue weighted by atomic mass is 16.2. The van der Waals surface area contributed by atoms with Crippen molar-refractivity contribution in [3.63, 3.8) is 0 Å². The zero-order valence-electron chi connectivity index (χ0n) is 13.2. The fraction of sp³-hybridized carbons (Fsp3) is 0.444. The first kappa shape index (κ1) is 14.5. The van der Waals surface area contributed by atoms with Crippen molar-refractivity contribution in [1.82, 2.24) is 20.4 Å². The third-order valence-electron chi connectivity index (χ3n) is 5.21. The van der Waals surface area contributed by atoms with Crippen molar-refractivity contribution < 1.29 is 4.79 Å². The van der Waals surface area contributed by atoms with Crippen LogP contribution in [-0.4, -0.2) is 28.8 Å². The summed E-state index contributed by atoms with van der Waals surface area (Å²) in [5.41, 5.74) is 2.21. The van der Waals surface area contributed by atoms with Crippen molar-refractivity contribution in [2.24, 2.45) is 11.3 Å². The Hall–Kier alpha value is -2.14. The average molecular weight is 310 g/mol. The van der Waals surface area contributed by atoms with Crippen molar-refractivity contribution in [3.8, 4) is 5.69 Å². The summed E-state index contributed by atoms with van der Waals surface area (Å²) in [6.07, 6.45) is 5.25. The molecule has 1 spiro atoms. The van der Waals surface area contributed by atoms with E-state index in [1.807, 2.05) is 47.3 Å². The minimum Gasteiger partial charge on any atom is -0.350 e. The summed E-state index contributed by atoms with van der Waals surface area (Å²) in [7, 11) is 0. The molecule has 1 aromatic carbocycles. The van der Waals surface area contributed by atoms with Gasteiger partial charge in [-0.25, -0.2) is 4.68 Å². The van der Waals surface area contributed by atoms with E-state index in [2.05, 4.69) is 15.7 Å². The maximum atomic E-state index is 12.4. The standard InChI is InChI=1S/C18H22N4O/c23-17(16-12-18(16)7-9-19-10-8-18)20-13-14-6-11-22(21-14)15-4-2-1-3-5-15/h1-6,11,16,19H,7-10,12-13H2,(H,20,23). The highest BCUT2D eigenvalue weighted by Gasteiger charge is 2.57. The van der Waals surface area contributed by atoms with E-state index in [1.54, 1.807) is 0 Å². The number of para-hydroxylation sites is 1. The molecule has 2 N–H and O–H groups in total. The number of benzene rings is 1. The maximum absolute atomic E-state index is 12.4. The molecule has 2 aliphatic rings. The number of piperidine rings is 1. The van der Waals surface area contributed by atoms with Gasteiger partial charge in [0.25, 0.3) is 0 Å². The third kappa shape index (κ3) is 2.88. The summed E-state index contributed by atoms with van der Waals surface area (Å²) in [6.45, 7) is 2.60. The Balaban J connectivity index is 1.33. The SMILES string of the molecule is O=C(NCc1ccn(-c2ccccc2)n1)C1CC12CCNCC2. The number of rotatable bonds is 4. The Morgan fingerprint density at radius 3 is 2.83 bits per heavy atom. The number of aromatic nitrogens is 2. The van der Waals surface area contributed by atoms with E-state index >= 15 is 0 Å². The molecule has 1 atom stereocenters. The Morgan fingerprint density at radius 1 is 1.26 bits per heavy atom. The average Bonchev–Trinajstić information content (AvgIpc) is 3.08. The van der Waals surface area contributed by atoms with Gasteiger partial charge in [-0.2, -0.15) is 5.10 Å². The number of hydrogen-bond donors (Lipinski definition) is 2. The normalized spacial score (nSPS) is 22.0. The first-order valence-corrected chi connectivity index (χ1v) is 8.35. The van der Waals surface area contributed by atoms with Crippen LogP contribution >= 0.6 is 0 Å². The minimum atomic E-state index is 0.196. The molecule has 0 bridgehead atoms. The molecule has 1 amide bonds. The second-order valence-electron chi connectivity index (χ2n) is 6.67. The monoisotopic (exact) mass is 310 g/mol. The maximum Gasteiger partial charge on any atom is 0.224 e. The van der Waals surface area contributed by atoms with Crippen LogP contribution in [0.2, 0.25) is 0 Å². The zero-order chi connectivity index (χ0) is 15.7. The summed E-state index contributed by atoms with van der Waals surface area (Å²) in [5, 5.41) is 11.0. The Kier molecular flexibility index (Phi) is 3.65. The topological polar surface area (TPSA) is 59.0 Å². The van der Waals surface area contributed by atoms with Crippen LogP contribution in [0.5, 0.6) is 0 Å². The Bertz CT molecular complexity index is 688. The van der Waals surface area contributed by atoms with E-state index in [1.165, 1.54) is 0 Å². The van der Waals surface area contributed by atoms with Gasteiger partial charge in [-0.15, -0.1) is 0 Å². The van der Waals surface area contributed by atoms with Crippen LogP contribution in [0.1, 0.15) is 25.0 Å². The van der Waals surface area contributed by atoms with Crippen LogP contribution in [-0.2, 0) is 11.3 Å². The van der Waals surface area contributed by atoms with Crippen molar-refractivity contribution in [2.75, 3.05) is 13.1 Å². The van der Waals surface area contributed by atoms with E-state index in [4.69, 9.17) is 0 Å². The first-order chi connectivity index (χ1) is 11.3. The zero-order valence-corrected chi connectivity index (χ0v) is 13.2. The van der Waals surface area contributed by atoms with E-state index < -0.39 is 0 Å². The molecule has 0 radical (unpaired) electrons. The van der Waals surface area contributed by atoms with Crippen LogP contribution < -0.4 is 10.6 Å². The van der Waals surface area contributed by atoms with Gasteiger partial charge >= 0.3 is 0 Å². The quantitative estimate of drug-likeness (QED) is 0.906. The summed E-state index contributed by atoms with van der Waals surface area (Å²) in [6, 6.07) is 12.0. The molecule has 23 heavy (non-hydrogen) atoms. The van der Waals surface area contributed by atoms with Crippen LogP contribution in [0, 0.1) is 11.3 Å². The predicted molar refractivity (Wildman–Crippen MR) is 88.1 cm³/mol. The van der Waals surface area contributed by atoms with Crippen LogP contribution in [0.25, 0.3) is 5.69 Å². The molecule has 2 heterocycles. The summed E-state index contributed by atoms with van der Waals surface area (Å²) in [4.78, 5) is 12.4. The van der Waals surface area contributed by atoms with Gasteiger partial charge in [-0.05, 0) is 56.0 Å². The van der Waals surface area contributed by atoms with E-state index in [0.717, 1.165) is 43.7 Å². The minimum absolute atomic E-state index is 0.196. The van der Waals surface area contributed by atoms with Gasteiger partial charge in [0.1, 0.15) is 0 Å². The molecule has 5 heteroatoms. The lowest BCUT2D eigenvalue weighted by atomic mass is 9.92. The van der Waals surface area contributed by atoms with Crippen molar-refractivity contribution in [1.29, 1.82) is 0 Å². The summed E-state index contributed by atoms with van der Waals surface area (Å²) in [5.74, 6) is 0.405. The van der Waals surface area contributed by atoms with Crippen molar-refractivity contribution in [3.05, 3.63) is 48.3 Å². The first-order valence-electron chi connectivity index (χ1n) is 8.35. The molecule has 1 unspecified atom stereocenters. The van der Waals surface area contributed by atoms with E-state index in [9.17, 15) is 4.79 Å². The molecule has 1 saturated heterocycles. The van der Waals surface area contributed by atoms with Gasteiger partial charge in [-0.3, -0.25) is 4.79 Å². The van der Waals surface area contributed by atoms with E-state index in [0.29, 0.717) is 12.0 Å². The molecular weight excluding hydrogens is 288 g/mol. The van der Waals surface area contributed by atoms with Gasteiger partial charge in [0.2, 0.25) is 5.91 Å². The molecule has 120 valence electrons.